The predicted octanol–water partition coefficient (Wildman–Crippen LogP) is 3.41. The lowest BCUT2D eigenvalue weighted by atomic mass is 9.85. The number of fused-ring (bicyclic) bond motifs is 3. The number of benzene rings is 2. The molecule has 1 fully saturated rings. The Labute approximate surface area is 180 Å². The summed E-state index contributed by atoms with van der Waals surface area (Å²) >= 11 is 0. The Morgan fingerprint density at radius 1 is 1.23 bits per heavy atom. The second-order valence-electron chi connectivity index (χ2n) is 7.77. The van der Waals surface area contributed by atoms with Crippen LogP contribution < -0.4 is 20.4 Å². The molecule has 2 aromatic rings. The van der Waals surface area contributed by atoms with Gasteiger partial charge in [0.05, 0.1) is 5.69 Å². The van der Waals surface area contributed by atoms with E-state index >= 15 is 0 Å². The third-order valence-electron chi connectivity index (χ3n) is 5.99. The molecule has 3 aliphatic heterocycles. The van der Waals surface area contributed by atoms with Crippen LogP contribution in [-0.2, 0) is 4.79 Å². The van der Waals surface area contributed by atoms with Gasteiger partial charge in [-0.25, -0.2) is 9.82 Å². The van der Waals surface area contributed by atoms with Gasteiger partial charge in [0.25, 0.3) is 5.91 Å². The van der Waals surface area contributed by atoms with Crippen molar-refractivity contribution in [1.29, 1.82) is 0 Å². The fraction of sp³-hybridized carbons (Fsp3) is 0.364. The van der Waals surface area contributed by atoms with Crippen LogP contribution in [-0.4, -0.2) is 37.5 Å². The highest BCUT2D eigenvalue weighted by Gasteiger charge is 2.36. The number of nitrogens with zero attached hydrogens (tertiary/aromatic N) is 2. The fourth-order valence-corrected chi connectivity index (χ4v) is 4.46. The van der Waals surface area contributed by atoms with Crippen LogP contribution in [0.4, 0.5) is 10.1 Å². The lowest BCUT2D eigenvalue weighted by molar-refractivity contribution is -0.122. The second kappa shape index (κ2) is 8.24. The predicted molar refractivity (Wildman–Crippen MR) is 117 cm³/mol. The molecule has 1 saturated heterocycles. The molecule has 0 aromatic heterocycles. The van der Waals surface area contributed by atoms with Gasteiger partial charge in [-0.3, -0.25) is 4.79 Å². The van der Waals surface area contributed by atoms with E-state index in [0.29, 0.717) is 17.1 Å². The SMILES string of the molecule is C[C@@H]1C(=O)NN=C2COc3cc(-c4ccccc4F)c([C@H]4CCCNC4)cc3N21.Cl. The normalized spacial score (nSPS) is 22.7. The summed E-state index contributed by atoms with van der Waals surface area (Å²) in [6, 6.07) is 10.5. The molecule has 0 saturated carbocycles. The van der Waals surface area contributed by atoms with Crippen LogP contribution in [0.1, 0.15) is 31.2 Å². The zero-order chi connectivity index (χ0) is 20.0. The summed E-state index contributed by atoms with van der Waals surface area (Å²) in [4.78, 5) is 14.2. The number of piperidine rings is 1. The molecule has 0 radical (unpaired) electrons. The van der Waals surface area contributed by atoms with Crippen LogP contribution in [0.3, 0.4) is 0 Å². The van der Waals surface area contributed by atoms with Gasteiger partial charge in [-0.1, -0.05) is 18.2 Å². The van der Waals surface area contributed by atoms with Gasteiger partial charge in [0.1, 0.15) is 24.2 Å². The molecule has 2 aromatic carbocycles. The highest BCUT2D eigenvalue weighted by Crippen LogP contribution is 2.44. The number of hydrogen-bond acceptors (Lipinski definition) is 5. The number of hydrogen-bond donors (Lipinski definition) is 2. The largest absolute Gasteiger partial charge is 0.483 e. The fourth-order valence-electron chi connectivity index (χ4n) is 4.46. The molecule has 8 heteroatoms. The van der Waals surface area contributed by atoms with E-state index in [0.717, 1.165) is 42.7 Å². The van der Waals surface area contributed by atoms with Gasteiger partial charge in [0, 0.05) is 12.1 Å². The van der Waals surface area contributed by atoms with Crippen molar-refractivity contribution in [3.8, 4) is 16.9 Å². The molecule has 5 rings (SSSR count). The van der Waals surface area contributed by atoms with Crippen LogP contribution in [0.15, 0.2) is 41.5 Å². The first-order valence-corrected chi connectivity index (χ1v) is 10.1. The van der Waals surface area contributed by atoms with Gasteiger partial charge in [-0.05, 0) is 61.6 Å². The zero-order valence-electron chi connectivity index (χ0n) is 16.7. The number of anilines is 1. The first-order valence-electron chi connectivity index (χ1n) is 10.1. The molecule has 0 bridgehead atoms. The number of ether oxygens (including phenoxy) is 1. The van der Waals surface area contributed by atoms with Gasteiger partial charge >= 0.3 is 0 Å². The maximum Gasteiger partial charge on any atom is 0.262 e. The average molecular weight is 431 g/mol. The summed E-state index contributed by atoms with van der Waals surface area (Å²) < 4.78 is 20.7. The van der Waals surface area contributed by atoms with E-state index in [1.54, 1.807) is 6.07 Å². The number of amides is 1. The van der Waals surface area contributed by atoms with Crippen molar-refractivity contribution in [3.63, 3.8) is 0 Å². The molecule has 1 amide bonds. The molecule has 0 aliphatic carbocycles. The molecule has 2 N–H and O–H groups in total. The zero-order valence-corrected chi connectivity index (χ0v) is 17.5. The maximum atomic E-state index is 14.7. The van der Waals surface area contributed by atoms with Crippen molar-refractivity contribution in [1.82, 2.24) is 10.7 Å². The number of rotatable bonds is 2. The molecular formula is C22H24ClFN4O2. The van der Waals surface area contributed by atoms with Crippen LogP contribution >= 0.6 is 12.4 Å². The van der Waals surface area contributed by atoms with E-state index < -0.39 is 0 Å². The van der Waals surface area contributed by atoms with E-state index in [-0.39, 0.29) is 42.7 Å². The summed E-state index contributed by atoms with van der Waals surface area (Å²) in [6.07, 6.45) is 2.11. The van der Waals surface area contributed by atoms with Crippen molar-refractivity contribution >= 4 is 29.8 Å². The summed E-state index contributed by atoms with van der Waals surface area (Å²) in [7, 11) is 0. The number of halogens is 2. The first-order chi connectivity index (χ1) is 14.1. The first kappa shape index (κ1) is 20.6. The van der Waals surface area contributed by atoms with Gasteiger partial charge in [0.15, 0.2) is 5.84 Å². The number of amidine groups is 1. The van der Waals surface area contributed by atoms with E-state index in [2.05, 4.69) is 21.9 Å². The molecule has 0 unspecified atom stereocenters. The lowest BCUT2D eigenvalue weighted by Crippen LogP contribution is -2.55. The summed E-state index contributed by atoms with van der Waals surface area (Å²) in [5.41, 5.74) is 5.87. The highest BCUT2D eigenvalue weighted by atomic mass is 35.5. The number of carbonyl (C=O) groups excluding carboxylic acids is 1. The minimum Gasteiger partial charge on any atom is -0.483 e. The third kappa shape index (κ3) is 3.42. The molecule has 3 aliphatic rings. The standard InChI is InChI=1S/C22H23FN4O2.ClH/c1-13-22(28)26-25-21-12-29-20-10-17(15-6-2-3-7-18(15)23)16(9-19(20)27(13)21)14-5-4-8-24-11-14;/h2-3,6-7,9-10,13-14,24H,4-5,8,11-12H2,1H3,(H,26,28);1H/t13-,14+;/m1./s1. The van der Waals surface area contributed by atoms with Crippen LogP contribution in [0.2, 0.25) is 0 Å². The van der Waals surface area contributed by atoms with Crippen LogP contribution in [0.25, 0.3) is 11.1 Å². The monoisotopic (exact) mass is 430 g/mol. The molecular weight excluding hydrogens is 407 g/mol. The maximum absolute atomic E-state index is 14.7. The minimum atomic E-state index is -0.387. The smallest absolute Gasteiger partial charge is 0.262 e. The summed E-state index contributed by atoms with van der Waals surface area (Å²) in [5, 5.41) is 7.62. The Balaban J connectivity index is 0.00000218. The van der Waals surface area contributed by atoms with E-state index in [9.17, 15) is 9.18 Å². The number of carbonyl (C=O) groups is 1. The van der Waals surface area contributed by atoms with Gasteiger partial charge < -0.3 is 15.0 Å². The molecule has 30 heavy (non-hydrogen) atoms. The van der Waals surface area contributed by atoms with Crippen molar-refractivity contribution in [2.75, 3.05) is 24.6 Å². The topological polar surface area (TPSA) is 66.0 Å². The highest BCUT2D eigenvalue weighted by molar-refractivity contribution is 6.09. The van der Waals surface area contributed by atoms with Crippen molar-refractivity contribution in [2.24, 2.45) is 5.10 Å². The lowest BCUT2D eigenvalue weighted by Gasteiger charge is -2.39. The van der Waals surface area contributed by atoms with Gasteiger partial charge in [-0.2, -0.15) is 5.10 Å². The van der Waals surface area contributed by atoms with Crippen molar-refractivity contribution in [3.05, 3.63) is 47.8 Å². The Hall–Kier alpha value is -2.64. The summed E-state index contributed by atoms with van der Waals surface area (Å²) in [6.45, 7) is 3.96. The number of nitrogens with one attached hydrogen (secondary N) is 2. The van der Waals surface area contributed by atoms with Crippen LogP contribution in [0, 0.1) is 5.82 Å². The Morgan fingerprint density at radius 2 is 2.07 bits per heavy atom. The van der Waals surface area contributed by atoms with Crippen molar-refractivity contribution < 1.29 is 13.9 Å². The quantitative estimate of drug-likeness (QED) is 0.766. The Bertz CT molecular complexity index is 1010. The van der Waals surface area contributed by atoms with E-state index in [1.165, 1.54) is 6.07 Å². The molecule has 0 spiro atoms. The van der Waals surface area contributed by atoms with E-state index in [1.807, 2.05) is 30.0 Å². The molecule has 3 heterocycles. The Morgan fingerprint density at radius 3 is 2.83 bits per heavy atom. The average Bonchev–Trinajstić information content (AvgIpc) is 2.76. The van der Waals surface area contributed by atoms with E-state index in [4.69, 9.17) is 4.74 Å². The Kier molecular flexibility index (Phi) is 5.66. The molecule has 2 atom stereocenters. The van der Waals surface area contributed by atoms with Gasteiger partial charge in [0.2, 0.25) is 0 Å². The van der Waals surface area contributed by atoms with Crippen molar-refractivity contribution in [2.45, 2.75) is 31.7 Å². The van der Waals surface area contributed by atoms with Crippen LogP contribution in [0.5, 0.6) is 5.75 Å². The molecule has 158 valence electrons. The third-order valence-corrected chi connectivity index (χ3v) is 5.99. The summed E-state index contributed by atoms with van der Waals surface area (Å²) in [5.74, 6) is 1.19. The second-order valence-corrected chi connectivity index (χ2v) is 7.77. The number of hydrazone groups is 1. The minimum absolute atomic E-state index is 0. The van der Waals surface area contributed by atoms with Gasteiger partial charge in [-0.15, -0.1) is 12.4 Å². The molecule has 6 nitrogen and oxygen atoms in total.